The van der Waals surface area contributed by atoms with Gasteiger partial charge in [0.1, 0.15) is 6.04 Å². The molecule has 10 heteroatoms. The van der Waals surface area contributed by atoms with Gasteiger partial charge < -0.3 is 15.1 Å². The molecule has 1 atom stereocenters. The number of amides is 2. The Labute approximate surface area is 197 Å². The molecule has 1 aromatic carbocycles. The van der Waals surface area contributed by atoms with Gasteiger partial charge in [-0.1, -0.05) is 29.3 Å². The average molecular weight is 495 g/mol. The molecular weight excluding hydrogens is 464 g/mol. The number of carbonyl (C=O) groups is 1. The Kier molecular flexibility index (Phi) is 8.44. The molecule has 1 saturated heterocycles. The van der Waals surface area contributed by atoms with Gasteiger partial charge in [-0.15, -0.1) is 0 Å². The highest BCUT2D eigenvalue weighted by molar-refractivity contribution is 6.43. The summed E-state index contributed by atoms with van der Waals surface area (Å²) < 4.78 is 41.7. The van der Waals surface area contributed by atoms with Gasteiger partial charge in [-0.05, 0) is 56.7 Å². The summed E-state index contributed by atoms with van der Waals surface area (Å²) in [6.07, 6.45) is 0.301. The maximum absolute atomic E-state index is 13.9. The Bertz CT molecular complexity index is 785. The summed E-state index contributed by atoms with van der Waals surface area (Å²) in [6, 6.07) is 3.28. The third kappa shape index (κ3) is 6.35. The van der Waals surface area contributed by atoms with Crippen molar-refractivity contribution in [2.45, 2.75) is 50.4 Å². The summed E-state index contributed by atoms with van der Waals surface area (Å²) in [4.78, 5) is 16.6. The molecule has 0 unspecified atom stereocenters. The van der Waals surface area contributed by atoms with Gasteiger partial charge >= 0.3 is 12.2 Å². The second kappa shape index (κ2) is 10.7. The molecule has 0 aromatic heterocycles. The van der Waals surface area contributed by atoms with E-state index in [1.54, 1.807) is 32.3 Å². The summed E-state index contributed by atoms with van der Waals surface area (Å²) in [7, 11) is 3.44. The Morgan fingerprint density at radius 2 is 1.84 bits per heavy atom. The van der Waals surface area contributed by atoms with E-state index < -0.39 is 12.2 Å². The first-order valence-corrected chi connectivity index (χ1v) is 11.8. The molecule has 0 radical (unpaired) electrons. The van der Waals surface area contributed by atoms with Crippen LogP contribution in [-0.2, 0) is 0 Å². The minimum atomic E-state index is -4.37. The van der Waals surface area contributed by atoms with Gasteiger partial charge in [0.2, 0.25) is 0 Å². The maximum Gasteiger partial charge on any atom is 0.409 e. The smallest absolute Gasteiger partial charge is 0.356 e. The lowest BCUT2D eigenvalue weighted by Gasteiger charge is -2.44. The molecule has 1 aromatic rings. The van der Waals surface area contributed by atoms with Gasteiger partial charge in [-0.2, -0.15) is 13.2 Å². The first kappa shape index (κ1) is 25.2. The molecule has 3 rings (SSSR count). The minimum absolute atomic E-state index is 0.0793. The molecule has 2 fully saturated rings. The van der Waals surface area contributed by atoms with E-state index >= 15 is 0 Å². The number of piperazine rings is 1. The summed E-state index contributed by atoms with van der Waals surface area (Å²) >= 11 is 12.3. The number of anilines is 1. The third-order valence-corrected chi connectivity index (χ3v) is 7.33. The molecule has 1 heterocycles. The van der Waals surface area contributed by atoms with Crippen molar-refractivity contribution in [1.82, 2.24) is 15.1 Å². The summed E-state index contributed by atoms with van der Waals surface area (Å²) in [5.74, 6) is 0.479. The Morgan fingerprint density at radius 3 is 2.47 bits per heavy atom. The van der Waals surface area contributed by atoms with Crippen LogP contribution in [0.4, 0.5) is 23.7 Å². The molecule has 1 aliphatic carbocycles. The SMILES string of the molecule is CN(C)C(=O)N[C@H]1CC[C@H](CCN2CCN(c3cccc(Cl)c3Cl)[C@H](C(F)(F)F)C2)CC1. The zero-order chi connectivity index (χ0) is 23.5. The number of halogens is 5. The predicted octanol–water partition coefficient (Wildman–Crippen LogP) is 5.27. The fourth-order valence-electron chi connectivity index (χ4n) is 4.59. The summed E-state index contributed by atoms with van der Waals surface area (Å²) in [5, 5.41) is 3.44. The highest BCUT2D eigenvalue weighted by atomic mass is 35.5. The number of hydrogen-bond acceptors (Lipinski definition) is 3. The second-order valence-electron chi connectivity index (χ2n) is 8.97. The van der Waals surface area contributed by atoms with Crippen LogP contribution in [0, 0.1) is 5.92 Å². The molecule has 0 spiro atoms. The molecule has 2 amide bonds. The van der Waals surface area contributed by atoms with Gasteiger partial charge in [-0.3, -0.25) is 4.90 Å². The molecule has 1 aliphatic heterocycles. The lowest BCUT2D eigenvalue weighted by molar-refractivity contribution is -0.156. The molecule has 180 valence electrons. The maximum atomic E-state index is 13.9. The number of nitrogens with zero attached hydrogens (tertiary/aromatic N) is 3. The molecule has 32 heavy (non-hydrogen) atoms. The van der Waals surface area contributed by atoms with Crippen molar-refractivity contribution in [3.8, 4) is 0 Å². The summed E-state index contributed by atoms with van der Waals surface area (Å²) in [5.41, 5.74) is 0.333. The van der Waals surface area contributed by atoms with E-state index in [2.05, 4.69) is 5.32 Å². The Balaban J connectivity index is 1.53. The molecule has 1 saturated carbocycles. The van der Waals surface area contributed by atoms with Crippen LogP contribution in [0.2, 0.25) is 10.0 Å². The van der Waals surface area contributed by atoms with E-state index in [0.717, 1.165) is 32.1 Å². The quantitative estimate of drug-likeness (QED) is 0.606. The van der Waals surface area contributed by atoms with Gasteiger partial charge in [-0.25, -0.2) is 4.79 Å². The van der Waals surface area contributed by atoms with E-state index in [1.165, 1.54) is 9.80 Å². The van der Waals surface area contributed by atoms with Crippen molar-refractivity contribution in [2.75, 3.05) is 45.2 Å². The Hall–Kier alpha value is -1.38. The standard InChI is InChI=1S/C22H31Cl2F3N4O/c1-29(2)21(32)28-16-8-6-15(7-9-16)10-11-30-12-13-31(19(14-30)22(25,26)27)18-5-3-4-17(23)20(18)24/h3-5,15-16,19H,6-14H2,1-2H3,(H,28,32)/t15-,16-,19-/m0/s1. The number of nitrogens with one attached hydrogen (secondary N) is 1. The lowest BCUT2D eigenvalue weighted by atomic mass is 9.84. The fourth-order valence-corrected chi connectivity index (χ4v) is 4.99. The topological polar surface area (TPSA) is 38.8 Å². The van der Waals surface area contributed by atoms with Crippen LogP contribution in [0.1, 0.15) is 32.1 Å². The number of hydrogen-bond donors (Lipinski definition) is 1. The number of carbonyl (C=O) groups excluding carboxylic acids is 1. The number of urea groups is 1. The van der Waals surface area contributed by atoms with Crippen molar-refractivity contribution < 1.29 is 18.0 Å². The van der Waals surface area contributed by atoms with Crippen LogP contribution < -0.4 is 10.2 Å². The normalized spacial score (nSPS) is 25.0. The highest BCUT2D eigenvalue weighted by Gasteiger charge is 2.47. The zero-order valence-corrected chi connectivity index (χ0v) is 20.0. The van der Waals surface area contributed by atoms with E-state index in [-0.39, 0.29) is 35.2 Å². The third-order valence-electron chi connectivity index (χ3n) is 6.52. The van der Waals surface area contributed by atoms with E-state index in [4.69, 9.17) is 23.2 Å². The van der Waals surface area contributed by atoms with Gasteiger partial charge in [0, 0.05) is 39.8 Å². The van der Waals surface area contributed by atoms with E-state index in [9.17, 15) is 18.0 Å². The lowest BCUT2D eigenvalue weighted by Crippen LogP contribution is -2.59. The van der Waals surface area contributed by atoms with Crippen LogP contribution in [0.15, 0.2) is 18.2 Å². The first-order chi connectivity index (χ1) is 15.1. The average Bonchev–Trinajstić information content (AvgIpc) is 2.74. The van der Waals surface area contributed by atoms with Crippen molar-refractivity contribution in [3.63, 3.8) is 0 Å². The van der Waals surface area contributed by atoms with Crippen molar-refractivity contribution >= 4 is 34.9 Å². The number of alkyl halides is 3. The molecule has 5 nitrogen and oxygen atoms in total. The van der Waals surface area contributed by atoms with Crippen LogP contribution in [0.25, 0.3) is 0 Å². The van der Waals surface area contributed by atoms with Gasteiger partial charge in [0.05, 0.1) is 15.7 Å². The van der Waals surface area contributed by atoms with Gasteiger partial charge in [0.25, 0.3) is 0 Å². The van der Waals surface area contributed by atoms with Crippen molar-refractivity contribution in [1.29, 1.82) is 0 Å². The van der Waals surface area contributed by atoms with Crippen LogP contribution in [0.5, 0.6) is 0 Å². The largest absolute Gasteiger partial charge is 0.409 e. The summed E-state index contributed by atoms with van der Waals surface area (Å²) in [6.45, 7) is 1.35. The molecule has 1 N–H and O–H groups in total. The van der Waals surface area contributed by atoms with Gasteiger partial charge in [0.15, 0.2) is 0 Å². The minimum Gasteiger partial charge on any atom is -0.356 e. The molecule has 2 aliphatic rings. The Morgan fingerprint density at radius 1 is 1.16 bits per heavy atom. The zero-order valence-electron chi connectivity index (χ0n) is 18.5. The fraction of sp³-hybridized carbons (Fsp3) is 0.682. The number of benzene rings is 1. The second-order valence-corrected chi connectivity index (χ2v) is 9.76. The van der Waals surface area contributed by atoms with E-state index in [0.29, 0.717) is 24.7 Å². The van der Waals surface area contributed by atoms with Crippen LogP contribution in [-0.4, -0.2) is 74.4 Å². The number of rotatable bonds is 5. The molecule has 0 bridgehead atoms. The van der Waals surface area contributed by atoms with Crippen molar-refractivity contribution in [2.24, 2.45) is 5.92 Å². The first-order valence-electron chi connectivity index (χ1n) is 11.0. The van der Waals surface area contributed by atoms with Crippen molar-refractivity contribution in [3.05, 3.63) is 28.2 Å². The predicted molar refractivity (Wildman–Crippen MR) is 123 cm³/mol. The monoisotopic (exact) mass is 494 g/mol. The highest BCUT2D eigenvalue weighted by Crippen LogP contribution is 2.38. The van der Waals surface area contributed by atoms with Crippen LogP contribution in [0.3, 0.4) is 0 Å². The van der Waals surface area contributed by atoms with Crippen LogP contribution >= 0.6 is 23.2 Å². The van der Waals surface area contributed by atoms with E-state index in [1.807, 2.05) is 4.90 Å². The molecular formula is C22H31Cl2F3N4O.